The summed E-state index contributed by atoms with van der Waals surface area (Å²) in [6.45, 7) is 2.13. The molecule has 118 valence electrons. The second kappa shape index (κ2) is 8.71. The highest BCUT2D eigenvalue weighted by molar-refractivity contribution is 5.85. The van der Waals surface area contributed by atoms with Crippen molar-refractivity contribution in [1.29, 1.82) is 0 Å². The van der Waals surface area contributed by atoms with Crippen molar-refractivity contribution in [1.82, 2.24) is 10.6 Å². The molecule has 2 N–H and O–H groups in total. The van der Waals surface area contributed by atoms with Gasteiger partial charge in [0, 0.05) is 18.7 Å². The highest BCUT2D eigenvalue weighted by Gasteiger charge is 2.21. The summed E-state index contributed by atoms with van der Waals surface area (Å²) in [7, 11) is 3.17. The Kier molecular flexibility index (Phi) is 7.28. The van der Waals surface area contributed by atoms with Crippen LogP contribution in [0.2, 0.25) is 0 Å². The molecule has 21 heavy (non-hydrogen) atoms. The van der Waals surface area contributed by atoms with Crippen LogP contribution in [0.4, 0.5) is 0 Å². The number of hydrogen-bond donors (Lipinski definition) is 2. The minimum absolute atomic E-state index is 0. The Balaban J connectivity index is 0.00000220. The van der Waals surface area contributed by atoms with E-state index in [-0.39, 0.29) is 24.4 Å². The molecule has 0 radical (unpaired) electrons. The largest absolute Gasteiger partial charge is 0.493 e. The second-order valence-electron chi connectivity index (χ2n) is 4.45. The van der Waals surface area contributed by atoms with E-state index >= 15 is 0 Å². The molecule has 0 spiro atoms. The first kappa shape index (κ1) is 17.6. The third-order valence-corrected chi connectivity index (χ3v) is 3.18. The third-order valence-electron chi connectivity index (χ3n) is 3.18. The van der Waals surface area contributed by atoms with Gasteiger partial charge in [-0.25, -0.2) is 0 Å². The molecule has 1 heterocycles. The predicted octanol–water partition coefficient (Wildman–Crippen LogP) is 0.730. The van der Waals surface area contributed by atoms with Crippen molar-refractivity contribution in [3.8, 4) is 11.5 Å². The standard InChI is InChI=1S/C14H20N2O4.ClH/c1-18-12-5-3-4-10(13(12)19-2)8-16-14(17)11-9-20-7-6-15-11;/h3-5,11,15H,6-9H2,1-2H3,(H,16,17);1H. The van der Waals surface area contributed by atoms with Gasteiger partial charge in [0.15, 0.2) is 11.5 Å². The number of amides is 1. The van der Waals surface area contributed by atoms with Crippen LogP contribution in [-0.2, 0) is 16.1 Å². The number of carbonyl (C=O) groups excluding carboxylic acids is 1. The summed E-state index contributed by atoms with van der Waals surface area (Å²) in [5.74, 6) is 1.22. The smallest absolute Gasteiger partial charge is 0.239 e. The number of carbonyl (C=O) groups is 1. The zero-order valence-electron chi connectivity index (χ0n) is 12.2. The van der Waals surface area contributed by atoms with Crippen LogP contribution in [0.15, 0.2) is 18.2 Å². The van der Waals surface area contributed by atoms with Gasteiger partial charge in [0.25, 0.3) is 0 Å². The molecule has 0 aliphatic carbocycles. The first-order valence-electron chi connectivity index (χ1n) is 6.55. The number of ether oxygens (including phenoxy) is 3. The number of nitrogens with one attached hydrogen (secondary N) is 2. The minimum atomic E-state index is -0.291. The molecule has 1 amide bonds. The minimum Gasteiger partial charge on any atom is -0.493 e. The molecule has 0 aromatic heterocycles. The Morgan fingerprint density at radius 1 is 1.43 bits per heavy atom. The van der Waals surface area contributed by atoms with Crippen molar-refractivity contribution in [3.63, 3.8) is 0 Å². The highest BCUT2D eigenvalue weighted by atomic mass is 35.5. The molecule has 1 saturated heterocycles. The van der Waals surface area contributed by atoms with E-state index < -0.39 is 0 Å². The van der Waals surface area contributed by atoms with E-state index in [1.165, 1.54) is 0 Å². The lowest BCUT2D eigenvalue weighted by molar-refractivity contribution is -0.126. The van der Waals surface area contributed by atoms with E-state index in [0.717, 1.165) is 5.56 Å². The van der Waals surface area contributed by atoms with Gasteiger partial charge in [-0.2, -0.15) is 0 Å². The van der Waals surface area contributed by atoms with Crippen LogP contribution < -0.4 is 20.1 Å². The molecule has 1 atom stereocenters. The van der Waals surface area contributed by atoms with Crippen molar-refractivity contribution >= 4 is 18.3 Å². The maximum atomic E-state index is 12.0. The highest BCUT2D eigenvalue weighted by Crippen LogP contribution is 2.30. The van der Waals surface area contributed by atoms with Crippen molar-refractivity contribution < 1.29 is 19.0 Å². The number of hydrogen-bond acceptors (Lipinski definition) is 5. The fourth-order valence-electron chi connectivity index (χ4n) is 2.13. The monoisotopic (exact) mass is 316 g/mol. The molecule has 1 aromatic carbocycles. The second-order valence-corrected chi connectivity index (χ2v) is 4.45. The molecule has 0 saturated carbocycles. The maximum Gasteiger partial charge on any atom is 0.239 e. The SMILES string of the molecule is COc1cccc(CNC(=O)C2COCCN2)c1OC.Cl. The van der Waals surface area contributed by atoms with Gasteiger partial charge in [-0.05, 0) is 6.07 Å². The van der Waals surface area contributed by atoms with Crippen LogP contribution in [0.5, 0.6) is 11.5 Å². The van der Waals surface area contributed by atoms with Gasteiger partial charge in [-0.1, -0.05) is 12.1 Å². The Hall–Kier alpha value is -1.50. The number of para-hydroxylation sites is 1. The fourth-order valence-corrected chi connectivity index (χ4v) is 2.13. The van der Waals surface area contributed by atoms with E-state index in [2.05, 4.69) is 10.6 Å². The van der Waals surface area contributed by atoms with Gasteiger partial charge >= 0.3 is 0 Å². The molecule has 1 fully saturated rings. The lowest BCUT2D eigenvalue weighted by atomic mass is 10.1. The van der Waals surface area contributed by atoms with Crippen LogP contribution in [0.3, 0.4) is 0 Å². The zero-order valence-corrected chi connectivity index (χ0v) is 13.0. The normalized spacial score (nSPS) is 17.5. The third kappa shape index (κ3) is 4.49. The van der Waals surface area contributed by atoms with Crippen molar-refractivity contribution in [2.24, 2.45) is 0 Å². The van der Waals surface area contributed by atoms with E-state index in [9.17, 15) is 4.79 Å². The van der Waals surface area contributed by atoms with Crippen molar-refractivity contribution in [3.05, 3.63) is 23.8 Å². The average molecular weight is 317 g/mol. The van der Waals surface area contributed by atoms with Gasteiger partial charge in [0.2, 0.25) is 5.91 Å². The zero-order chi connectivity index (χ0) is 14.4. The molecule has 1 unspecified atom stereocenters. The summed E-state index contributed by atoms with van der Waals surface area (Å²) in [5, 5.41) is 5.99. The van der Waals surface area contributed by atoms with Gasteiger partial charge in [0.05, 0.1) is 27.4 Å². The fraction of sp³-hybridized carbons (Fsp3) is 0.500. The number of morpholine rings is 1. The first-order chi connectivity index (χ1) is 9.76. The number of rotatable bonds is 5. The molecule has 2 rings (SSSR count). The molecule has 6 nitrogen and oxygen atoms in total. The lowest BCUT2D eigenvalue weighted by Crippen LogP contribution is -2.51. The molecule has 1 aromatic rings. The summed E-state index contributed by atoms with van der Waals surface area (Å²) in [6.07, 6.45) is 0. The Morgan fingerprint density at radius 3 is 2.86 bits per heavy atom. The summed E-state index contributed by atoms with van der Waals surface area (Å²) in [4.78, 5) is 12.0. The van der Waals surface area contributed by atoms with Crippen LogP contribution in [0.1, 0.15) is 5.56 Å². The molecular weight excluding hydrogens is 296 g/mol. The predicted molar refractivity (Wildman–Crippen MR) is 81.3 cm³/mol. The average Bonchev–Trinajstić information content (AvgIpc) is 2.52. The molecule has 0 bridgehead atoms. The van der Waals surface area contributed by atoms with Crippen LogP contribution in [0.25, 0.3) is 0 Å². The number of halogens is 1. The van der Waals surface area contributed by atoms with Crippen LogP contribution in [0, 0.1) is 0 Å². The first-order valence-corrected chi connectivity index (χ1v) is 6.55. The summed E-state index contributed by atoms with van der Waals surface area (Å²) >= 11 is 0. The quantitative estimate of drug-likeness (QED) is 0.838. The number of methoxy groups -OCH3 is 2. The number of benzene rings is 1. The molecule has 7 heteroatoms. The maximum absolute atomic E-state index is 12.0. The molecule has 1 aliphatic heterocycles. The Morgan fingerprint density at radius 2 is 2.24 bits per heavy atom. The van der Waals surface area contributed by atoms with E-state index in [0.29, 0.717) is 37.8 Å². The topological polar surface area (TPSA) is 68.8 Å². The Labute approximate surface area is 130 Å². The van der Waals surface area contributed by atoms with Gasteiger partial charge in [0.1, 0.15) is 6.04 Å². The van der Waals surface area contributed by atoms with Crippen LogP contribution >= 0.6 is 12.4 Å². The lowest BCUT2D eigenvalue weighted by Gasteiger charge is -2.23. The molecule has 1 aliphatic rings. The summed E-state index contributed by atoms with van der Waals surface area (Å²) < 4.78 is 15.8. The van der Waals surface area contributed by atoms with E-state index in [1.54, 1.807) is 14.2 Å². The van der Waals surface area contributed by atoms with Gasteiger partial charge in [-0.3, -0.25) is 4.79 Å². The summed E-state index contributed by atoms with van der Waals surface area (Å²) in [5.41, 5.74) is 0.872. The Bertz CT molecular complexity index is 464. The van der Waals surface area contributed by atoms with Gasteiger partial charge < -0.3 is 24.8 Å². The summed E-state index contributed by atoms with van der Waals surface area (Å²) in [6, 6.07) is 5.29. The van der Waals surface area contributed by atoms with E-state index in [4.69, 9.17) is 14.2 Å². The van der Waals surface area contributed by atoms with E-state index in [1.807, 2.05) is 18.2 Å². The van der Waals surface area contributed by atoms with Gasteiger partial charge in [-0.15, -0.1) is 12.4 Å². The molecular formula is C14H21ClN2O4. The van der Waals surface area contributed by atoms with Crippen LogP contribution in [-0.4, -0.2) is 45.9 Å². The van der Waals surface area contributed by atoms with Crippen molar-refractivity contribution in [2.75, 3.05) is 34.0 Å². The van der Waals surface area contributed by atoms with Crippen molar-refractivity contribution in [2.45, 2.75) is 12.6 Å².